The first-order chi connectivity index (χ1) is 15.1. The first-order valence-corrected chi connectivity index (χ1v) is 10.3. The smallest absolute Gasteiger partial charge is 0.291 e. The van der Waals surface area contributed by atoms with E-state index < -0.39 is 6.10 Å². The third kappa shape index (κ3) is 5.06. The van der Waals surface area contributed by atoms with E-state index >= 15 is 0 Å². The number of amides is 2. The van der Waals surface area contributed by atoms with Gasteiger partial charge in [-0.2, -0.15) is 0 Å². The van der Waals surface area contributed by atoms with Crippen molar-refractivity contribution in [1.29, 1.82) is 0 Å². The van der Waals surface area contributed by atoms with Gasteiger partial charge in [0.05, 0.1) is 6.26 Å². The molecule has 2 amide bonds. The molecule has 0 spiro atoms. The normalized spacial score (nSPS) is 14.7. The molecule has 2 heterocycles. The van der Waals surface area contributed by atoms with Crippen LogP contribution >= 0.6 is 0 Å². The first-order valence-electron chi connectivity index (χ1n) is 10.3. The Balaban J connectivity index is 1.27. The molecule has 7 heteroatoms. The first kappa shape index (κ1) is 20.5. The molecule has 1 aliphatic heterocycles. The van der Waals surface area contributed by atoms with Crippen molar-refractivity contribution in [3.8, 4) is 5.75 Å². The van der Waals surface area contributed by atoms with E-state index in [0.29, 0.717) is 24.5 Å². The summed E-state index contributed by atoms with van der Waals surface area (Å²) < 4.78 is 10.9. The summed E-state index contributed by atoms with van der Waals surface area (Å²) >= 11 is 0. The van der Waals surface area contributed by atoms with Crippen molar-refractivity contribution in [3.63, 3.8) is 0 Å². The molecule has 31 heavy (non-hydrogen) atoms. The quantitative estimate of drug-likeness (QED) is 0.660. The monoisotopic (exact) mass is 419 g/mol. The predicted octanol–water partition coefficient (Wildman–Crippen LogP) is 3.65. The van der Waals surface area contributed by atoms with Gasteiger partial charge in [0.1, 0.15) is 5.75 Å². The maximum absolute atomic E-state index is 12.8. The minimum absolute atomic E-state index is 0.0251. The van der Waals surface area contributed by atoms with E-state index in [4.69, 9.17) is 9.15 Å². The van der Waals surface area contributed by atoms with Gasteiger partial charge in [-0.15, -0.1) is 0 Å². The fourth-order valence-electron chi connectivity index (χ4n) is 3.55. The average molecular weight is 419 g/mol. The van der Waals surface area contributed by atoms with Crippen LogP contribution in [0.15, 0.2) is 77.4 Å². The molecule has 1 aliphatic rings. The summed E-state index contributed by atoms with van der Waals surface area (Å²) in [6, 6.07) is 20.4. The third-order valence-corrected chi connectivity index (χ3v) is 5.23. The lowest BCUT2D eigenvalue weighted by atomic mass is 10.2. The van der Waals surface area contributed by atoms with Gasteiger partial charge in [0.15, 0.2) is 11.9 Å². The molecular formula is C24H25N3O4. The highest BCUT2D eigenvalue weighted by molar-refractivity contribution is 6.02. The molecule has 1 aromatic heterocycles. The largest absolute Gasteiger partial charge is 0.481 e. The summed E-state index contributed by atoms with van der Waals surface area (Å²) in [6.07, 6.45) is 0.859. The van der Waals surface area contributed by atoms with Crippen LogP contribution in [-0.4, -0.2) is 49.0 Å². The fraction of sp³-hybridized carbons (Fsp3) is 0.250. The van der Waals surface area contributed by atoms with Crippen molar-refractivity contribution < 1.29 is 18.7 Å². The number of hydrogen-bond donors (Lipinski definition) is 1. The standard InChI is InChI=1S/C24H25N3O4/c1-18(24(29)27-15-13-26(14-16-27)20-6-3-2-4-7-20)31-21-11-9-19(10-12-21)25-23(28)22-8-5-17-30-22/h2-12,17-18H,13-16H2,1H3,(H,25,28). The number of nitrogens with one attached hydrogen (secondary N) is 1. The molecule has 3 aromatic rings. The Morgan fingerprint density at radius 1 is 0.935 bits per heavy atom. The molecule has 1 saturated heterocycles. The highest BCUT2D eigenvalue weighted by Crippen LogP contribution is 2.20. The zero-order valence-corrected chi connectivity index (χ0v) is 17.4. The molecule has 0 aliphatic carbocycles. The lowest BCUT2D eigenvalue weighted by Gasteiger charge is -2.37. The summed E-state index contributed by atoms with van der Waals surface area (Å²) in [6.45, 7) is 4.69. The van der Waals surface area contributed by atoms with Crippen LogP contribution < -0.4 is 15.0 Å². The van der Waals surface area contributed by atoms with Crippen molar-refractivity contribution in [2.45, 2.75) is 13.0 Å². The zero-order chi connectivity index (χ0) is 21.6. The molecule has 160 valence electrons. The second-order valence-corrected chi connectivity index (χ2v) is 7.36. The second-order valence-electron chi connectivity index (χ2n) is 7.36. The Morgan fingerprint density at radius 3 is 2.29 bits per heavy atom. The molecule has 4 rings (SSSR count). The maximum Gasteiger partial charge on any atom is 0.291 e. The summed E-state index contributed by atoms with van der Waals surface area (Å²) in [5, 5.41) is 2.75. The van der Waals surface area contributed by atoms with E-state index in [1.165, 1.54) is 12.0 Å². The Kier molecular flexibility index (Phi) is 6.21. The SMILES string of the molecule is CC(Oc1ccc(NC(=O)c2ccco2)cc1)C(=O)N1CCN(c2ccccc2)CC1. The number of piperazine rings is 1. The molecule has 1 atom stereocenters. The summed E-state index contributed by atoms with van der Waals surface area (Å²) in [5.74, 6) is 0.464. The second kappa shape index (κ2) is 9.38. The van der Waals surface area contributed by atoms with Gasteiger partial charge in [0.25, 0.3) is 11.8 Å². The highest BCUT2D eigenvalue weighted by Gasteiger charge is 2.26. The summed E-state index contributed by atoms with van der Waals surface area (Å²) in [4.78, 5) is 29.0. The van der Waals surface area contributed by atoms with Crippen LogP contribution in [0.2, 0.25) is 0 Å². The minimum Gasteiger partial charge on any atom is -0.481 e. The van der Waals surface area contributed by atoms with Crippen molar-refractivity contribution in [2.24, 2.45) is 0 Å². The number of nitrogens with zero attached hydrogens (tertiary/aromatic N) is 2. The number of anilines is 2. The van der Waals surface area contributed by atoms with E-state index in [-0.39, 0.29) is 17.6 Å². The van der Waals surface area contributed by atoms with E-state index in [2.05, 4.69) is 22.3 Å². The van der Waals surface area contributed by atoms with E-state index in [1.807, 2.05) is 23.1 Å². The Hall–Kier alpha value is -3.74. The number of para-hydroxylation sites is 1. The zero-order valence-electron chi connectivity index (χ0n) is 17.4. The molecule has 0 bridgehead atoms. The number of benzene rings is 2. The van der Waals surface area contributed by atoms with Crippen LogP contribution in [0.1, 0.15) is 17.5 Å². The molecule has 7 nitrogen and oxygen atoms in total. The van der Waals surface area contributed by atoms with Crippen LogP contribution in [0.3, 0.4) is 0 Å². The van der Waals surface area contributed by atoms with Crippen LogP contribution in [0.5, 0.6) is 5.75 Å². The van der Waals surface area contributed by atoms with Gasteiger partial charge in [-0.25, -0.2) is 0 Å². The number of carbonyl (C=O) groups is 2. The van der Waals surface area contributed by atoms with Gasteiger partial charge < -0.3 is 24.3 Å². The number of carbonyl (C=O) groups excluding carboxylic acids is 2. The Labute approximate surface area is 181 Å². The minimum atomic E-state index is -0.591. The van der Waals surface area contributed by atoms with Crippen molar-refractivity contribution in [3.05, 3.63) is 78.8 Å². The van der Waals surface area contributed by atoms with Crippen LogP contribution in [0, 0.1) is 0 Å². The van der Waals surface area contributed by atoms with Gasteiger partial charge in [-0.3, -0.25) is 9.59 Å². The number of rotatable bonds is 6. The molecular weight excluding hydrogens is 394 g/mol. The molecule has 0 saturated carbocycles. The molecule has 1 unspecified atom stereocenters. The maximum atomic E-state index is 12.8. The number of ether oxygens (including phenoxy) is 1. The van der Waals surface area contributed by atoms with Gasteiger partial charge in [0, 0.05) is 37.6 Å². The lowest BCUT2D eigenvalue weighted by Crippen LogP contribution is -2.52. The highest BCUT2D eigenvalue weighted by atomic mass is 16.5. The van der Waals surface area contributed by atoms with E-state index in [1.54, 1.807) is 43.3 Å². The summed E-state index contributed by atoms with van der Waals surface area (Å²) in [7, 11) is 0. The van der Waals surface area contributed by atoms with Gasteiger partial charge in [0.2, 0.25) is 0 Å². The number of hydrogen-bond acceptors (Lipinski definition) is 5. The van der Waals surface area contributed by atoms with Crippen molar-refractivity contribution in [1.82, 2.24) is 4.90 Å². The van der Waals surface area contributed by atoms with Crippen molar-refractivity contribution >= 4 is 23.2 Å². The molecule has 2 aromatic carbocycles. The fourth-order valence-corrected chi connectivity index (χ4v) is 3.55. The Morgan fingerprint density at radius 2 is 1.65 bits per heavy atom. The third-order valence-electron chi connectivity index (χ3n) is 5.23. The van der Waals surface area contributed by atoms with Gasteiger partial charge in [-0.1, -0.05) is 18.2 Å². The summed E-state index contributed by atoms with van der Waals surface area (Å²) in [5.41, 5.74) is 1.79. The molecule has 1 N–H and O–H groups in total. The van der Waals surface area contributed by atoms with E-state index in [9.17, 15) is 9.59 Å². The average Bonchev–Trinajstić information content (AvgIpc) is 3.36. The van der Waals surface area contributed by atoms with Gasteiger partial charge >= 0.3 is 0 Å². The van der Waals surface area contributed by atoms with Crippen molar-refractivity contribution in [2.75, 3.05) is 36.4 Å². The Bertz CT molecular complexity index is 995. The topological polar surface area (TPSA) is 75.0 Å². The van der Waals surface area contributed by atoms with Crippen LogP contribution in [-0.2, 0) is 4.79 Å². The molecule has 1 fully saturated rings. The van der Waals surface area contributed by atoms with Crippen LogP contribution in [0.25, 0.3) is 0 Å². The number of furan rings is 1. The van der Waals surface area contributed by atoms with Gasteiger partial charge in [-0.05, 0) is 55.5 Å². The van der Waals surface area contributed by atoms with E-state index in [0.717, 1.165) is 13.1 Å². The van der Waals surface area contributed by atoms with Crippen LogP contribution in [0.4, 0.5) is 11.4 Å². The lowest BCUT2D eigenvalue weighted by molar-refractivity contribution is -0.138. The molecule has 0 radical (unpaired) electrons. The predicted molar refractivity (Wildman–Crippen MR) is 118 cm³/mol.